The van der Waals surface area contributed by atoms with E-state index in [9.17, 15) is 9.90 Å². The van der Waals surface area contributed by atoms with E-state index in [4.69, 9.17) is 9.47 Å². The number of benzene rings is 3. The summed E-state index contributed by atoms with van der Waals surface area (Å²) in [5.41, 5.74) is 2.15. The lowest BCUT2D eigenvalue weighted by Crippen LogP contribution is -2.06. The Kier molecular flexibility index (Phi) is 6.12. The van der Waals surface area contributed by atoms with Crippen molar-refractivity contribution in [2.75, 3.05) is 0 Å². The van der Waals surface area contributed by atoms with Gasteiger partial charge in [-0.05, 0) is 45.9 Å². The van der Waals surface area contributed by atoms with Crippen molar-refractivity contribution in [3.63, 3.8) is 0 Å². The van der Waals surface area contributed by atoms with Gasteiger partial charge in [0.25, 0.3) is 0 Å². The van der Waals surface area contributed by atoms with Crippen molar-refractivity contribution in [3.8, 4) is 11.5 Å². The number of aromatic hydroxyl groups is 1. The number of hydrogen-bond donors (Lipinski definition) is 1. The minimum Gasteiger partial charge on any atom is -0.507 e. The van der Waals surface area contributed by atoms with E-state index < -0.39 is 5.97 Å². The first kappa shape index (κ1) is 18.3. The molecular weight excluding hydrogens is 443 g/mol. The van der Waals surface area contributed by atoms with Crippen LogP contribution in [-0.2, 0) is 18.0 Å². The maximum atomic E-state index is 12.3. The lowest BCUT2D eigenvalue weighted by molar-refractivity contribution is 0.0471. The molecule has 0 amide bonds. The molecule has 0 saturated heterocycles. The van der Waals surface area contributed by atoms with Gasteiger partial charge in [-0.2, -0.15) is 0 Å². The number of carbonyl (C=O) groups is 1. The van der Waals surface area contributed by atoms with Gasteiger partial charge in [-0.15, -0.1) is 0 Å². The molecule has 4 nitrogen and oxygen atoms in total. The molecule has 0 fully saturated rings. The number of ether oxygens (including phenoxy) is 2. The molecule has 0 heterocycles. The number of hydrogen-bond acceptors (Lipinski definition) is 4. The molecule has 0 saturated carbocycles. The molecule has 26 heavy (non-hydrogen) atoms. The van der Waals surface area contributed by atoms with Crippen LogP contribution >= 0.6 is 22.6 Å². The van der Waals surface area contributed by atoms with Crippen molar-refractivity contribution in [2.45, 2.75) is 13.2 Å². The van der Waals surface area contributed by atoms with Crippen molar-refractivity contribution in [2.24, 2.45) is 0 Å². The zero-order valence-electron chi connectivity index (χ0n) is 13.9. The molecule has 3 rings (SSSR count). The van der Waals surface area contributed by atoms with Crippen LogP contribution in [0.1, 0.15) is 21.5 Å². The lowest BCUT2D eigenvalue weighted by atomic mass is 10.2. The Balaban J connectivity index is 1.71. The molecule has 0 aliphatic heterocycles. The molecule has 0 aromatic heterocycles. The van der Waals surface area contributed by atoms with Crippen molar-refractivity contribution >= 4 is 28.6 Å². The second-order valence-electron chi connectivity index (χ2n) is 5.64. The molecule has 0 aliphatic carbocycles. The van der Waals surface area contributed by atoms with Gasteiger partial charge in [0.15, 0.2) is 0 Å². The van der Waals surface area contributed by atoms with Crippen molar-refractivity contribution in [1.82, 2.24) is 0 Å². The third kappa shape index (κ3) is 4.76. The van der Waals surface area contributed by atoms with Crippen LogP contribution in [0.4, 0.5) is 0 Å². The molecule has 0 unspecified atom stereocenters. The molecule has 1 N–H and O–H groups in total. The second kappa shape index (κ2) is 8.71. The number of esters is 1. The summed E-state index contributed by atoms with van der Waals surface area (Å²) in [6.45, 7) is 0.519. The Labute approximate surface area is 165 Å². The minimum absolute atomic E-state index is 0.0113. The van der Waals surface area contributed by atoms with Crippen LogP contribution in [0.5, 0.6) is 11.5 Å². The smallest absolute Gasteiger partial charge is 0.338 e. The summed E-state index contributed by atoms with van der Waals surface area (Å²) in [5, 5.41) is 10.1. The predicted molar refractivity (Wildman–Crippen MR) is 107 cm³/mol. The van der Waals surface area contributed by atoms with Gasteiger partial charge in [-0.3, -0.25) is 0 Å². The number of phenolic OH excluding ortho intramolecular Hbond substituents is 1. The van der Waals surface area contributed by atoms with E-state index in [1.54, 1.807) is 6.07 Å². The van der Waals surface area contributed by atoms with Crippen LogP contribution in [0.2, 0.25) is 0 Å². The average Bonchev–Trinajstić information content (AvgIpc) is 2.68. The van der Waals surface area contributed by atoms with Gasteiger partial charge in [0, 0.05) is 0 Å². The zero-order chi connectivity index (χ0) is 18.4. The highest BCUT2D eigenvalue weighted by Gasteiger charge is 2.15. The first-order valence-corrected chi connectivity index (χ1v) is 9.11. The van der Waals surface area contributed by atoms with E-state index >= 15 is 0 Å². The Bertz CT molecular complexity index is 879. The molecule has 0 radical (unpaired) electrons. The molecule has 0 bridgehead atoms. The van der Waals surface area contributed by atoms with Gasteiger partial charge >= 0.3 is 5.97 Å². The summed E-state index contributed by atoms with van der Waals surface area (Å²) in [6, 6.07) is 22.1. The Morgan fingerprint density at radius 1 is 0.885 bits per heavy atom. The molecule has 0 atom stereocenters. The van der Waals surface area contributed by atoms with Crippen LogP contribution in [-0.4, -0.2) is 11.1 Å². The Hall–Kier alpha value is -2.54. The van der Waals surface area contributed by atoms with Gasteiger partial charge in [0.1, 0.15) is 24.7 Å². The largest absolute Gasteiger partial charge is 0.507 e. The summed E-state index contributed by atoms with van der Waals surface area (Å²) < 4.78 is 11.7. The number of halogens is 1. The van der Waals surface area contributed by atoms with Crippen LogP contribution in [0, 0.1) is 3.57 Å². The van der Waals surface area contributed by atoms with Crippen LogP contribution in [0.3, 0.4) is 0 Å². The monoisotopic (exact) mass is 460 g/mol. The SMILES string of the molecule is O=C(OCc1ccccc1)c1cc(O)c(I)c(OCc2ccccc2)c1. The fraction of sp³-hybridized carbons (Fsp3) is 0.0952. The Morgan fingerprint density at radius 2 is 1.46 bits per heavy atom. The first-order valence-electron chi connectivity index (χ1n) is 8.04. The fourth-order valence-electron chi connectivity index (χ4n) is 2.35. The van der Waals surface area contributed by atoms with Crippen LogP contribution in [0.25, 0.3) is 0 Å². The van der Waals surface area contributed by atoms with E-state index in [1.807, 2.05) is 83.3 Å². The molecular formula is C21H17IO4. The van der Waals surface area contributed by atoms with Crippen molar-refractivity contribution in [3.05, 3.63) is 93.1 Å². The number of carbonyl (C=O) groups excluding carboxylic acids is 1. The van der Waals surface area contributed by atoms with Gasteiger partial charge < -0.3 is 14.6 Å². The maximum Gasteiger partial charge on any atom is 0.338 e. The van der Waals surface area contributed by atoms with Gasteiger partial charge in [0.2, 0.25) is 0 Å². The fourth-order valence-corrected chi connectivity index (χ4v) is 2.81. The quantitative estimate of drug-likeness (QED) is 0.419. The lowest BCUT2D eigenvalue weighted by Gasteiger charge is -2.12. The third-order valence-electron chi connectivity index (χ3n) is 3.71. The zero-order valence-corrected chi connectivity index (χ0v) is 16.0. The van der Waals surface area contributed by atoms with E-state index in [2.05, 4.69) is 0 Å². The Morgan fingerprint density at radius 3 is 2.08 bits per heavy atom. The molecule has 0 aliphatic rings. The molecule has 0 spiro atoms. The molecule has 132 valence electrons. The van der Waals surface area contributed by atoms with Crippen molar-refractivity contribution < 1.29 is 19.4 Å². The van der Waals surface area contributed by atoms with E-state index in [0.717, 1.165) is 11.1 Å². The molecule has 5 heteroatoms. The topological polar surface area (TPSA) is 55.8 Å². The summed E-state index contributed by atoms with van der Waals surface area (Å²) in [4.78, 5) is 12.3. The highest BCUT2D eigenvalue weighted by atomic mass is 127. The summed E-state index contributed by atoms with van der Waals surface area (Å²) in [7, 11) is 0. The maximum absolute atomic E-state index is 12.3. The molecule has 3 aromatic rings. The third-order valence-corrected chi connectivity index (χ3v) is 4.79. The standard InChI is InChI=1S/C21H17IO4/c22-20-18(23)11-17(21(24)26-14-16-9-5-2-6-10-16)12-19(20)25-13-15-7-3-1-4-8-15/h1-12,23H,13-14H2. The predicted octanol–water partition coefficient (Wildman–Crippen LogP) is 4.93. The highest BCUT2D eigenvalue weighted by molar-refractivity contribution is 14.1. The van der Waals surface area contributed by atoms with E-state index in [0.29, 0.717) is 15.9 Å². The van der Waals surface area contributed by atoms with Crippen LogP contribution < -0.4 is 4.74 Å². The first-order chi connectivity index (χ1) is 12.6. The second-order valence-corrected chi connectivity index (χ2v) is 6.72. The summed E-state index contributed by atoms with van der Waals surface area (Å²) in [5.74, 6) is -0.0750. The normalized spacial score (nSPS) is 10.3. The highest BCUT2D eigenvalue weighted by Crippen LogP contribution is 2.32. The minimum atomic E-state index is -0.509. The number of rotatable bonds is 6. The summed E-state index contributed by atoms with van der Waals surface area (Å²) in [6.07, 6.45) is 0. The molecule has 3 aromatic carbocycles. The van der Waals surface area contributed by atoms with Crippen LogP contribution in [0.15, 0.2) is 72.8 Å². The van der Waals surface area contributed by atoms with Gasteiger partial charge in [0.05, 0.1) is 9.13 Å². The number of phenols is 1. The van der Waals surface area contributed by atoms with Gasteiger partial charge in [-0.1, -0.05) is 60.7 Å². The van der Waals surface area contributed by atoms with E-state index in [-0.39, 0.29) is 17.9 Å². The van der Waals surface area contributed by atoms with Crippen molar-refractivity contribution in [1.29, 1.82) is 0 Å². The van der Waals surface area contributed by atoms with E-state index in [1.165, 1.54) is 6.07 Å². The summed E-state index contributed by atoms with van der Waals surface area (Å²) >= 11 is 1.99. The van der Waals surface area contributed by atoms with Gasteiger partial charge in [-0.25, -0.2) is 4.79 Å². The average molecular weight is 460 g/mol.